The van der Waals surface area contributed by atoms with Gasteiger partial charge in [0, 0.05) is 66.6 Å². The largest absolute Gasteiger partial charge is 0.146 e. The van der Waals surface area contributed by atoms with E-state index >= 15 is 0 Å². The summed E-state index contributed by atoms with van der Waals surface area (Å²) in [4.78, 5) is 0. The number of hydrogen-bond donors (Lipinski definition) is 0. The van der Waals surface area contributed by atoms with E-state index in [0.29, 0.717) is 0 Å². The Morgan fingerprint density at radius 3 is 1.00 bits per heavy atom. The summed E-state index contributed by atoms with van der Waals surface area (Å²) in [6.07, 6.45) is 0. The molecule has 4 heavy (non-hydrogen) atoms. The van der Waals surface area contributed by atoms with E-state index in [-0.39, 0.29) is 83.9 Å². The Bertz CT molecular complexity index is 8.00. The zero-order valence-electron chi connectivity index (χ0n) is 2.30. The van der Waals surface area contributed by atoms with Crippen molar-refractivity contribution < 1.29 is 66.6 Å². The predicted octanol–water partition coefficient (Wildman–Crippen LogP) is -0.924. The summed E-state index contributed by atoms with van der Waals surface area (Å²) in [5.41, 5.74) is 0. The molecule has 0 saturated carbocycles. The van der Waals surface area contributed by atoms with E-state index in [1.807, 2.05) is 0 Å². The maximum absolute atomic E-state index is 0. The number of rotatable bonds is 0. The standard InChI is InChI=1S/Al.Cr.Ni.Y.2H. The van der Waals surface area contributed by atoms with Gasteiger partial charge in [-0.3, -0.25) is 0 Å². The quantitative estimate of drug-likeness (QED) is 0.471. The fourth-order valence-corrected chi connectivity index (χ4v) is 0. The molecule has 0 spiro atoms. The van der Waals surface area contributed by atoms with Gasteiger partial charge in [0.25, 0.3) is 0 Å². The van der Waals surface area contributed by atoms with E-state index in [1.54, 1.807) is 0 Å². The minimum absolute atomic E-state index is 0. The Morgan fingerprint density at radius 1 is 1.00 bits per heavy atom. The van der Waals surface area contributed by atoms with Crippen LogP contribution in [0.4, 0.5) is 0 Å². The second-order valence-corrected chi connectivity index (χ2v) is 0. The molecular formula is H2AlCrNiY. The Balaban J connectivity index is 0. The van der Waals surface area contributed by atoms with Gasteiger partial charge in [-0.25, -0.2) is 0 Å². The topological polar surface area (TPSA) is 0 Å². The fourth-order valence-electron chi connectivity index (χ4n) is 0. The van der Waals surface area contributed by atoms with Crippen molar-refractivity contribution in [3.05, 3.63) is 0 Å². The summed E-state index contributed by atoms with van der Waals surface area (Å²) in [7, 11) is 0. The maximum Gasteiger partial charge on any atom is 0.146 e. The molecule has 0 unspecified atom stereocenters. The molecule has 0 rings (SSSR count). The molecule has 4 heteroatoms. The van der Waals surface area contributed by atoms with Gasteiger partial charge in [0.2, 0.25) is 0 Å². The van der Waals surface area contributed by atoms with Crippen LogP contribution in [-0.2, 0) is 66.6 Å². The summed E-state index contributed by atoms with van der Waals surface area (Å²) < 4.78 is 0. The van der Waals surface area contributed by atoms with Gasteiger partial charge in [-0.05, 0) is 0 Å². The third-order valence-corrected chi connectivity index (χ3v) is 0. The second kappa shape index (κ2) is 17.4. The van der Waals surface area contributed by atoms with Crippen LogP contribution in [-0.4, -0.2) is 17.4 Å². The van der Waals surface area contributed by atoms with Crippen LogP contribution in [0.2, 0.25) is 0 Å². The smallest absolute Gasteiger partial charge is 0 e. The molecule has 0 fully saturated rings. The van der Waals surface area contributed by atoms with Gasteiger partial charge >= 0.3 is 0 Å². The molecule has 0 N–H and O–H groups in total. The van der Waals surface area contributed by atoms with E-state index < -0.39 is 0 Å². The van der Waals surface area contributed by atoms with Gasteiger partial charge in [-0.15, -0.1) is 0 Å². The van der Waals surface area contributed by atoms with Crippen molar-refractivity contribution in [2.24, 2.45) is 0 Å². The van der Waals surface area contributed by atoms with E-state index in [4.69, 9.17) is 0 Å². The van der Waals surface area contributed by atoms with Crippen LogP contribution in [0.25, 0.3) is 0 Å². The van der Waals surface area contributed by atoms with E-state index in [2.05, 4.69) is 0 Å². The van der Waals surface area contributed by atoms with Crippen LogP contribution in [0, 0.1) is 0 Å². The zero-order valence-corrected chi connectivity index (χ0v) is 9.40. The van der Waals surface area contributed by atoms with Crippen LogP contribution >= 0.6 is 0 Å². The Morgan fingerprint density at radius 2 is 1.00 bits per heavy atom. The Labute approximate surface area is 82.5 Å². The van der Waals surface area contributed by atoms with Crippen molar-refractivity contribution in [1.29, 1.82) is 0 Å². The summed E-state index contributed by atoms with van der Waals surface area (Å²) in [6.45, 7) is 0. The van der Waals surface area contributed by atoms with Crippen molar-refractivity contribution in [1.82, 2.24) is 0 Å². The molecule has 0 nitrogen and oxygen atoms in total. The molecule has 2 radical (unpaired) electrons. The predicted molar refractivity (Wildman–Crippen MR) is 8.54 cm³/mol. The molecule has 24 valence electrons. The molecule has 0 aliphatic carbocycles. The van der Waals surface area contributed by atoms with Gasteiger partial charge in [-0.2, -0.15) is 0 Å². The summed E-state index contributed by atoms with van der Waals surface area (Å²) in [5, 5.41) is 0. The average Bonchev–Trinajstić information content (AvgIpc) is 0. The zero-order chi connectivity index (χ0) is 0. The van der Waals surface area contributed by atoms with Gasteiger partial charge < -0.3 is 0 Å². The van der Waals surface area contributed by atoms with Crippen LogP contribution in [0.3, 0.4) is 0 Å². The van der Waals surface area contributed by atoms with Crippen molar-refractivity contribution >= 4 is 17.4 Å². The van der Waals surface area contributed by atoms with Gasteiger partial charge in [-0.1, -0.05) is 0 Å². The molecule has 0 amide bonds. The molecule has 0 aromatic carbocycles. The van der Waals surface area contributed by atoms with Crippen molar-refractivity contribution in [3.8, 4) is 0 Å². The molecular weight excluding hydrogens is 227 g/mol. The minimum Gasteiger partial charge on any atom is 0 e. The fraction of sp³-hybridized carbons (Fsp3) is 0. The van der Waals surface area contributed by atoms with Crippen LogP contribution in [0.1, 0.15) is 0 Å². The second-order valence-electron chi connectivity index (χ2n) is 0. The molecule has 0 saturated heterocycles. The van der Waals surface area contributed by atoms with Gasteiger partial charge in [0.05, 0.1) is 0 Å². The first-order valence-electron chi connectivity index (χ1n) is 0. The van der Waals surface area contributed by atoms with Crippen molar-refractivity contribution in [3.63, 3.8) is 0 Å². The molecule has 0 aliphatic heterocycles. The molecule has 0 aromatic rings. The van der Waals surface area contributed by atoms with Crippen LogP contribution in [0.15, 0.2) is 0 Å². The van der Waals surface area contributed by atoms with Gasteiger partial charge in [0.15, 0.2) is 0 Å². The number of hydrogen-bond acceptors (Lipinski definition) is 0. The minimum atomic E-state index is 0. The molecule has 0 aliphatic rings. The van der Waals surface area contributed by atoms with E-state index in [0.717, 1.165) is 0 Å². The summed E-state index contributed by atoms with van der Waals surface area (Å²) in [5.74, 6) is 0. The van der Waals surface area contributed by atoms with Gasteiger partial charge in [0.1, 0.15) is 17.4 Å². The van der Waals surface area contributed by atoms with Crippen LogP contribution in [0.5, 0.6) is 0 Å². The SMILES string of the molecule is [AlH2].[Cr].[Ni].[Y]. The average molecular weight is 229 g/mol. The van der Waals surface area contributed by atoms with Crippen molar-refractivity contribution in [2.45, 2.75) is 0 Å². The first-order valence-corrected chi connectivity index (χ1v) is 0. The molecule has 0 bridgehead atoms. The third-order valence-electron chi connectivity index (χ3n) is 0. The monoisotopic (exact) mass is 228 g/mol. The maximum atomic E-state index is 0. The van der Waals surface area contributed by atoms with E-state index in [9.17, 15) is 0 Å². The summed E-state index contributed by atoms with van der Waals surface area (Å²) in [6, 6.07) is 0. The van der Waals surface area contributed by atoms with Crippen molar-refractivity contribution in [2.75, 3.05) is 0 Å². The summed E-state index contributed by atoms with van der Waals surface area (Å²) >= 11 is 0. The normalized spacial score (nSPS) is 0. The molecule has 0 atom stereocenters. The van der Waals surface area contributed by atoms with Crippen LogP contribution < -0.4 is 0 Å². The molecule has 0 heterocycles. The first-order chi connectivity index (χ1) is 0. The first kappa shape index (κ1) is 30.1. The Kier molecular flexibility index (Phi) is 131. The molecule has 0 aromatic heterocycles. The van der Waals surface area contributed by atoms with E-state index in [1.165, 1.54) is 0 Å². The Hall–Kier alpha value is 2.66. The third kappa shape index (κ3) is 8.82.